The van der Waals surface area contributed by atoms with Crippen molar-refractivity contribution in [3.8, 4) is 0 Å². The Labute approximate surface area is 124 Å². The summed E-state index contributed by atoms with van der Waals surface area (Å²) in [6.07, 6.45) is 1.50. The van der Waals surface area contributed by atoms with Crippen molar-refractivity contribution in [2.75, 3.05) is 46.4 Å². The van der Waals surface area contributed by atoms with Crippen LogP contribution in [0.4, 0.5) is 0 Å². The van der Waals surface area contributed by atoms with E-state index in [-0.39, 0.29) is 0 Å². The molecule has 0 heterocycles. The Hall–Kier alpha value is -0.210. The smallest absolute Gasteiger partial charge is 0.279 e. The molecule has 0 amide bonds. The molecule has 0 saturated carbocycles. The van der Waals surface area contributed by atoms with Gasteiger partial charge in [0.1, 0.15) is 0 Å². The standard InChI is InChI=1S/C13H31N3O3S/c1-5-14-8-6-10-16(4)20(17,18)15-9-7-11-19-12-13(2)3/h13-15H,5-12H2,1-4H3. The molecule has 2 N–H and O–H groups in total. The largest absolute Gasteiger partial charge is 0.381 e. The lowest BCUT2D eigenvalue weighted by Crippen LogP contribution is -2.40. The van der Waals surface area contributed by atoms with E-state index < -0.39 is 10.2 Å². The third-order valence-corrected chi connectivity index (χ3v) is 4.26. The predicted octanol–water partition coefficient (Wildman–Crippen LogP) is 0.815. The second kappa shape index (κ2) is 11.4. The summed E-state index contributed by atoms with van der Waals surface area (Å²) < 4.78 is 33.1. The van der Waals surface area contributed by atoms with Crippen LogP contribution in [-0.2, 0) is 14.9 Å². The van der Waals surface area contributed by atoms with Crippen LogP contribution in [0.15, 0.2) is 0 Å². The minimum atomic E-state index is -3.35. The van der Waals surface area contributed by atoms with Gasteiger partial charge in [0.25, 0.3) is 10.2 Å². The Morgan fingerprint density at radius 1 is 1.20 bits per heavy atom. The van der Waals surface area contributed by atoms with Gasteiger partial charge in [-0.3, -0.25) is 0 Å². The van der Waals surface area contributed by atoms with Gasteiger partial charge in [-0.2, -0.15) is 12.7 Å². The van der Waals surface area contributed by atoms with Gasteiger partial charge in [0.05, 0.1) is 0 Å². The predicted molar refractivity (Wildman–Crippen MR) is 83.0 cm³/mol. The molecule has 0 spiro atoms. The van der Waals surface area contributed by atoms with Crippen LogP contribution < -0.4 is 10.0 Å². The summed E-state index contributed by atoms with van der Waals surface area (Å²) in [5, 5.41) is 3.17. The van der Waals surface area contributed by atoms with Crippen molar-refractivity contribution in [2.24, 2.45) is 5.92 Å². The highest BCUT2D eigenvalue weighted by molar-refractivity contribution is 7.87. The summed E-state index contributed by atoms with van der Waals surface area (Å²) in [4.78, 5) is 0. The van der Waals surface area contributed by atoms with Crippen molar-refractivity contribution >= 4 is 10.2 Å². The Kier molecular flexibility index (Phi) is 11.3. The van der Waals surface area contributed by atoms with Crippen molar-refractivity contribution in [3.63, 3.8) is 0 Å². The van der Waals surface area contributed by atoms with Gasteiger partial charge in [-0.25, -0.2) is 4.72 Å². The fraction of sp³-hybridized carbons (Fsp3) is 1.00. The number of rotatable bonds is 13. The summed E-state index contributed by atoms with van der Waals surface area (Å²) in [6, 6.07) is 0. The molecule has 0 aliphatic rings. The molecule has 0 aromatic rings. The highest BCUT2D eigenvalue weighted by atomic mass is 32.2. The van der Waals surface area contributed by atoms with Crippen molar-refractivity contribution < 1.29 is 13.2 Å². The lowest BCUT2D eigenvalue weighted by molar-refractivity contribution is 0.108. The first-order chi connectivity index (χ1) is 9.40. The molecule has 0 aliphatic heterocycles. The first kappa shape index (κ1) is 19.8. The van der Waals surface area contributed by atoms with Gasteiger partial charge < -0.3 is 10.1 Å². The van der Waals surface area contributed by atoms with Crippen molar-refractivity contribution in [2.45, 2.75) is 33.6 Å². The van der Waals surface area contributed by atoms with E-state index in [9.17, 15) is 8.42 Å². The van der Waals surface area contributed by atoms with Crippen LogP contribution in [0.2, 0.25) is 0 Å². The van der Waals surface area contributed by atoms with Crippen LogP contribution in [0.5, 0.6) is 0 Å². The molecule has 0 saturated heterocycles. The molecule has 0 radical (unpaired) electrons. The van der Waals surface area contributed by atoms with Gasteiger partial charge in [0.2, 0.25) is 0 Å². The monoisotopic (exact) mass is 309 g/mol. The lowest BCUT2D eigenvalue weighted by atomic mass is 10.2. The zero-order chi connectivity index (χ0) is 15.4. The Morgan fingerprint density at radius 3 is 2.50 bits per heavy atom. The number of nitrogens with zero attached hydrogens (tertiary/aromatic N) is 1. The molecule has 0 unspecified atom stereocenters. The summed E-state index contributed by atoms with van der Waals surface area (Å²) in [5.74, 6) is 0.509. The van der Waals surface area contributed by atoms with Crippen molar-refractivity contribution in [1.82, 2.24) is 14.3 Å². The van der Waals surface area contributed by atoms with Crippen molar-refractivity contribution in [3.05, 3.63) is 0 Å². The SMILES string of the molecule is CCNCCCN(C)S(=O)(=O)NCCCOCC(C)C. The molecule has 0 fully saturated rings. The molecular formula is C13H31N3O3S. The number of nitrogens with one attached hydrogen (secondary N) is 2. The molecule has 0 rings (SSSR count). The second-order valence-corrected chi connectivity index (χ2v) is 7.11. The highest BCUT2D eigenvalue weighted by Crippen LogP contribution is 1.97. The molecule has 20 heavy (non-hydrogen) atoms. The van der Waals surface area contributed by atoms with Gasteiger partial charge in [0, 0.05) is 33.4 Å². The van der Waals surface area contributed by atoms with Crippen LogP contribution in [0.25, 0.3) is 0 Å². The maximum Gasteiger partial charge on any atom is 0.279 e. The number of hydrogen-bond acceptors (Lipinski definition) is 4. The van der Waals surface area contributed by atoms with E-state index in [1.54, 1.807) is 7.05 Å². The van der Waals surface area contributed by atoms with Gasteiger partial charge in [-0.1, -0.05) is 20.8 Å². The van der Waals surface area contributed by atoms with E-state index in [4.69, 9.17) is 4.74 Å². The van der Waals surface area contributed by atoms with Gasteiger partial charge in [0.15, 0.2) is 0 Å². The molecule has 0 aromatic heterocycles. The van der Waals surface area contributed by atoms with Gasteiger partial charge in [-0.15, -0.1) is 0 Å². The fourth-order valence-electron chi connectivity index (χ4n) is 1.53. The average molecular weight is 309 g/mol. The zero-order valence-corrected chi connectivity index (χ0v) is 14.1. The summed E-state index contributed by atoms with van der Waals surface area (Å²) in [5.41, 5.74) is 0. The van der Waals surface area contributed by atoms with Crippen LogP contribution >= 0.6 is 0 Å². The maximum absolute atomic E-state index is 11.9. The number of ether oxygens (including phenoxy) is 1. The summed E-state index contributed by atoms with van der Waals surface area (Å²) in [7, 11) is -1.75. The lowest BCUT2D eigenvalue weighted by Gasteiger charge is -2.17. The van der Waals surface area contributed by atoms with E-state index in [1.165, 1.54) is 4.31 Å². The van der Waals surface area contributed by atoms with Gasteiger partial charge in [-0.05, 0) is 31.8 Å². The Bertz CT molecular complexity index is 321. The van der Waals surface area contributed by atoms with E-state index in [0.717, 1.165) is 26.1 Å². The van der Waals surface area contributed by atoms with E-state index in [1.807, 2.05) is 6.92 Å². The van der Waals surface area contributed by atoms with Crippen LogP contribution in [-0.4, -0.2) is 59.2 Å². The molecule has 0 aliphatic carbocycles. The first-order valence-corrected chi connectivity index (χ1v) is 8.83. The molecule has 0 aromatic carbocycles. The molecule has 0 bridgehead atoms. The minimum absolute atomic E-state index is 0.415. The van der Waals surface area contributed by atoms with Crippen LogP contribution in [0.3, 0.4) is 0 Å². The van der Waals surface area contributed by atoms with E-state index >= 15 is 0 Å². The quantitative estimate of drug-likeness (QED) is 0.494. The topological polar surface area (TPSA) is 70.7 Å². The third-order valence-electron chi connectivity index (χ3n) is 2.69. The third kappa shape index (κ3) is 10.6. The normalized spacial score (nSPS) is 12.5. The van der Waals surface area contributed by atoms with Crippen LogP contribution in [0, 0.1) is 5.92 Å². The fourth-order valence-corrected chi connectivity index (χ4v) is 2.52. The second-order valence-electron chi connectivity index (χ2n) is 5.25. The molecular weight excluding hydrogens is 278 g/mol. The van der Waals surface area contributed by atoms with E-state index in [2.05, 4.69) is 23.9 Å². The van der Waals surface area contributed by atoms with Gasteiger partial charge >= 0.3 is 0 Å². The van der Waals surface area contributed by atoms with Crippen molar-refractivity contribution in [1.29, 1.82) is 0 Å². The zero-order valence-electron chi connectivity index (χ0n) is 13.3. The maximum atomic E-state index is 11.9. The first-order valence-electron chi connectivity index (χ1n) is 7.39. The molecule has 6 nitrogen and oxygen atoms in total. The Balaban J connectivity index is 3.71. The summed E-state index contributed by atoms with van der Waals surface area (Å²) in [6.45, 7) is 10.2. The minimum Gasteiger partial charge on any atom is -0.381 e. The average Bonchev–Trinajstić information content (AvgIpc) is 2.38. The molecule has 7 heteroatoms. The molecule has 122 valence electrons. The van der Waals surface area contributed by atoms with E-state index in [0.29, 0.717) is 32.0 Å². The highest BCUT2D eigenvalue weighted by Gasteiger charge is 2.15. The summed E-state index contributed by atoms with van der Waals surface area (Å²) >= 11 is 0. The molecule has 0 atom stereocenters. The number of hydrogen-bond donors (Lipinski definition) is 2. The Morgan fingerprint density at radius 2 is 1.90 bits per heavy atom. The van der Waals surface area contributed by atoms with Crippen LogP contribution in [0.1, 0.15) is 33.6 Å².